The molecule has 0 aliphatic heterocycles. The zero-order chi connectivity index (χ0) is 14.4. The highest BCUT2D eigenvalue weighted by atomic mass is 32.2. The lowest BCUT2D eigenvalue weighted by atomic mass is 10.3. The van der Waals surface area contributed by atoms with E-state index in [4.69, 9.17) is 10.5 Å². The SMILES string of the molecule is NCCOc1ccc(S(=O)(=O)NCc2ncon2)cc1. The second kappa shape index (κ2) is 6.46. The number of nitrogens with one attached hydrogen (secondary N) is 1. The number of hydrogen-bond acceptors (Lipinski definition) is 7. The molecule has 1 aromatic carbocycles. The Labute approximate surface area is 116 Å². The summed E-state index contributed by atoms with van der Waals surface area (Å²) in [7, 11) is -3.63. The van der Waals surface area contributed by atoms with Gasteiger partial charge in [0.2, 0.25) is 16.4 Å². The van der Waals surface area contributed by atoms with Gasteiger partial charge in [0.25, 0.3) is 0 Å². The molecule has 0 saturated carbocycles. The molecule has 1 aromatic heterocycles. The van der Waals surface area contributed by atoms with Crippen LogP contribution in [0.15, 0.2) is 40.1 Å². The third kappa shape index (κ3) is 3.76. The maximum absolute atomic E-state index is 12.0. The highest BCUT2D eigenvalue weighted by Gasteiger charge is 2.14. The third-order valence-electron chi connectivity index (χ3n) is 2.35. The van der Waals surface area contributed by atoms with Crippen LogP contribution in [0.3, 0.4) is 0 Å². The average molecular weight is 298 g/mol. The average Bonchev–Trinajstić information content (AvgIpc) is 2.97. The summed E-state index contributed by atoms with van der Waals surface area (Å²) in [5.74, 6) is 0.823. The Morgan fingerprint density at radius 1 is 1.30 bits per heavy atom. The van der Waals surface area contributed by atoms with Crippen LogP contribution in [0.5, 0.6) is 5.75 Å². The van der Waals surface area contributed by atoms with Crippen LogP contribution in [0.1, 0.15) is 5.82 Å². The molecular weight excluding hydrogens is 284 g/mol. The quantitative estimate of drug-likeness (QED) is 0.731. The van der Waals surface area contributed by atoms with Crippen LogP contribution in [0.2, 0.25) is 0 Å². The fourth-order valence-corrected chi connectivity index (χ4v) is 2.39. The smallest absolute Gasteiger partial charge is 0.240 e. The maximum Gasteiger partial charge on any atom is 0.240 e. The van der Waals surface area contributed by atoms with Crippen LogP contribution in [-0.2, 0) is 16.6 Å². The lowest BCUT2D eigenvalue weighted by Gasteiger charge is -2.07. The first-order valence-corrected chi connectivity index (χ1v) is 7.28. The van der Waals surface area contributed by atoms with Crippen LogP contribution in [0.25, 0.3) is 0 Å². The fourth-order valence-electron chi connectivity index (χ4n) is 1.40. The van der Waals surface area contributed by atoms with Gasteiger partial charge in [-0.25, -0.2) is 13.1 Å². The van der Waals surface area contributed by atoms with Crippen LogP contribution in [0, 0.1) is 0 Å². The van der Waals surface area contributed by atoms with Gasteiger partial charge in [-0.3, -0.25) is 0 Å². The lowest BCUT2D eigenvalue weighted by molar-refractivity contribution is 0.328. The van der Waals surface area contributed by atoms with Gasteiger partial charge in [0.1, 0.15) is 12.4 Å². The number of benzene rings is 1. The predicted molar refractivity (Wildman–Crippen MR) is 69.3 cm³/mol. The Kier molecular flexibility index (Phi) is 4.66. The highest BCUT2D eigenvalue weighted by Crippen LogP contribution is 2.15. The summed E-state index contributed by atoms with van der Waals surface area (Å²) in [6.07, 6.45) is 1.13. The molecule has 9 heteroatoms. The number of nitrogens with zero attached hydrogens (tertiary/aromatic N) is 2. The van der Waals surface area contributed by atoms with E-state index in [1.54, 1.807) is 12.1 Å². The van der Waals surface area contributed by atoms with Gasteiger partial charge in [-0.1, -0.05) is 5.16 Å². The lowest BCUT2D eigenvalue weighted by Crippen LogP contribution is -2.23. The second-order valence-corrected chi connectivity index (χ2v) is 5.55. The molecule has 2 aromatic rings. The Morgan fingerprint density at radius 3 is 2.65 bits per heavy atom. The maximum atomic E-state index is 12.0. The van der Waals surface area contributed by atoms with Crippen molar-refractivity contribution in [1.29, 1.82) is 0 Å². The molecule has 0 spiro atoms. The highest BCUT2D eigenvalue weighted by molar-refractivity contribution is 7.89. The zero-order valence-electron chi connectivity index (χ0n) is 10.5. The van der Waals surface area contributed by atoms with Crippen molar-refractivity contribution >= 4 is 10.0 Å². The summed E-state index contributed by atoms with van der Waals surface area (Å²) in [5, 5.41) is 3.52. The zero-order valence-corrected chi connectivity index (χ0v) is 11.3. The minimum absolute atomic E-state index is 0.0374. The summed E-state index contributed by atoms with van der Waals surface area (Å²) in [6.45, 7) is 0.735. The Morgan fingerprint density at radius 2 is 2.05 bits per heavy atom. The van der Waals surface area contributed by atoms with Crippen molar-refractivity contribution in [3.05, 3.63) is 36.5 Å². The first-order chi connectivity index (χ1) is 9.62. The molecule has 0 aliphatic carbocycles. The molecule has 0 amide bonds. The van der Waals surface area contributed by atoms with E-state index in [2.05, 4.69) is 19.4 Å². The molecule has 2 rings (SSSR count). The van der Waals surface area contributed by atoms with E-state index in [0.717, 1.165) is 6.39 Å². The number of rotatable bonds is 7. The molecule has 0 bridgehead atoms. The van der Waals surface area contributed by atoms with Gasteiger partial charge >= 0.3 is 0 Å². The topological polar surface area (TPSA) is 120 Å². The van der Waals surface area contributed by atoms with Crippen molar-refractivity contribution in [3.63, 3.8) is 0 Å². The van der Waals surface area contributed by atoms with Gasteiger partial charge in [0.15, 0.2) is 5.82 Å². The van der Waals surface area contributed by atoms with Crippen LogP contribution >= 0.6 is 0 Å². The van der Waals surface area contributed by atoms with Gasteiger partial charge in [-0.05, 0) is 24.3 Å². The molecule has 0 aliphatic rings. The van der Waals surface area contributed by atoms with Crippen molar-refractivity contribution < 1.29 is 17.7 Å². The number of sulfonamides is 1. The summed E-state index contributed by atoms with van der Waals surface area (Å²) in [5.41, 5.74) is 5.31. The van der Waals surface area contributed by atoms with Gasteiger partial charge in [0, 0.05) is 6.54 Å². The van der Waals surface area contributed by atoms with E-state index >= 15 is 0 Å². The Hall–Kier alpha value is -1.97. The van der Waals surface area contributed by atoms with Crippen molar-refractivity contribution in [3.8, 4) is 5.75 Å². The molecule has 0 radical (unpaired) electrons. The largest absolute Gasteiger partial charge is 0.492 e. The van der Waals surface area contributed by atoms with Gasteiger partial charge in [0.05, 0.1) is 11.4 Å². The van der Waals surface area contributed by atoms with Crippen molar-refractivity contribution in [1.82, 2.24) is 14.9 Å². The summed E-state index contributed by atoms with van der Waals surface area (Å²) >= 11 is 0. The van der Waals surface area contributed by atoms with Gasteiger partial charge in [-0.15, -0.1) is 0 Å². The standard InChI is InChI=1S/C11H14N4O4S/c12-5-6-18-9-1-3-10(4-2-9)20(16,17)14-7-11-13-8-19-15-11/h1-4,8,14H,5-7,12H2. The molecule has 0 unspecified atom stereocenters. The van der Waals surface area contributed by atoms with Crippen LogP contribution in [0.4, 0.5) is 0 Å². The van der Waals surface area contributed by atoms with E-state index in [9.17, 15) is 8.42 Å². The summed E-state index contributed by atoms with van der Waals surface area (Å²) in [6, 6.07) is 6.03. The first kappa shape index (κ1) is 14.4. The number of aromatic nitrogens is 2. The van der Waals surface area contributed by atoms with Crippen molar-refractivity contribution in [2.24, 2.45) is 5.73 Å². The molecule has 0 atom stereocenters. The van der Waals surface area contributed by atoms with E-state index < -0.39 is 10.0 Å². The Balaban J connectivity index is 2.01. The molecule has 3 N–H and O–H groups in total. The molecular formula is C11H14N4O4S. The molecule has 0 saturated heterocycles. The van der Waals surface area contributed by atoms with E-state index in [1.165, 1.54) is 12.1 Å². The third-order valence-corrected chi connectivity index (χ3v) is 3.77. The summed E-state index contributed by atoms with van der Waals surface area (Å²) in [4.78, 5) is 3.85. The second-order valence-electron chi connectivity index (χ2n) is 3.78. The monoisotopic (exact) mass is 298 g/mol. The van der Waals surface area contributed by atoms with E-state index in [1.807, 2.05) is 0 Å². The van der Waals surface area contributed by atoms with E-state index in [-0.39, 0.29) is 17.3 Å². The molecule has 1 heterocycles. The molecule has 0 fully saturated rings. The predicted octanol–water partition coefficient (Wildman–Crippen LogP) is -0.114. The first-order valence-electron chi connectivity index (χ1n) is 5.79. The van der Waals surface area contributed by atoms with Crippen LogP contribution < -0.4 is 15.2 Å². The minimum Gasteiger partial charge on any atom is -0.492 e. The van der Waals surface area contributed by atoms with Crippen LogP contribution in [-0.4, -0.2) is 31.7 Å². The van der Waals surface area contributed by atoms with Crippen molar-refractivity contribution in [2.45, 2.75) is 11.4 Å². The van der Waals surface area contributed by atoms with E-state index in [0.29, 0.717) is 18.9 Å². The Bertz CT molecular complexity index is 625. The van der Waals surface area contributed by atoms with Crippen molar-refractivity contribution in [2.75, 3.05) is 13.2 Å². The number of nitrogens with two attached hydrogens (primary N) is 1. The number of hydrogen-bond donors (Lipinski definition) is 2. The minimum atomic E-state index is -3.63. The fraction of sp³-hybridized carbons (Fsp3) is 0.273. The summed E-state index contributed by atoms with van der Waals surface area (Å²) < 4.78 is 36.1. The van der Waals surface area contributed by atoms with Gasteiger partial charge in [-0.2, -0.15) is 4.98 Å². The normalized spacial score (nSPS) is 11.4. The van der Waals surface area contributed by atoms with Gasteiger partial charge < -0.3 is 15.0 Å². The molecule has 20 heavy (non-hydrogen) atoms. The number of ether oxygens (including phenoxy) is 1. The molecule has 8 nitrogen and oxygen atoms in total. The molecule has 108 valence electrons.